The van der Waals surface area contributed by atoms with Crippen molar-refractivity contribution >= 4 is 29.1 Å². The molecule has 0 radical (unpaired) electrons. The van der Waals surface area contributed by atoms with Crippen LogP contribution in [0, 0.1) is 0 Å². The van der Waals surface area contributed by atoms with Crippen molar-refractivity contribution in [1.82, 2.24) is 10.9 Å². The second-order valence-corrected chi connectivity index (χ2v) is 5.92. The van der Waals surface area contributed by atoms with Crippen LogP contribution in [-0.4, -0.2) is 26.0 Å². The SMILES string of the molecule is C=C(CC(=O)Nc1ccc(OC)cc1OC)NNC(=O)c1ccc(Cl)cc1. The van der Waals surface area contributed by atoms with Crippen LogP contribution in [0.2, 0.25) is 5.02 Å². The van der Waals surface area contributed by atoms with Gasteiger partial charge in [0.2, 0.25) is 5.91 Å². The molecule has 27 heavy (non-hydrogen) atoms. The lowest BCUT2D eigenvalue weighted by Gasteiger charge is -2.13. The van der Waals surface area contributed by atoms with Gasteiger partial charge in [0.05, 0.1) is 26.3 Å². The lowest BCUT2D eigenvalue weighted by atomic mass is 10.2. The number of carbonyl (C=O) groups is 2. The van der Waals surface area contributed by atoms with Gasteiger partial charge in [-0.05, 0) is 36.4 Å². The predicted molar refractivity (Wildman–Crippen MR) is 104 cm³/mol. The molecule has 0 aliphatic rings. The molecule has 0 bridgehead atoms. The van der Waals surface area contributed by atoms with E-state index in [0.29, 0.717) is 33.5 Å². The van der Waals surface area contributed by atoms with E-state index in [2.05, 4.69) is 22.7 Å². The third-order valence-corrected chi connectivity index (χ3v) is 3.77. The number of ether oxygens (including phenoxy) is 2. The van der Waals surface area contributed by atoms with E-state index in [0.717, 1.165) is 0 Å². The second kappa shape index (κ2) is 9.49. The molecule has 3 N–H and O–H groups in total. The standard InChI is InChI=1S/C19H20ClN3O4/c1-12(22-23-19(25)13-4-6-14(20)7-5-13)10-18(24)21-16-9-8-15(26-2)11-17(16)27-3/h4-9,11,22H,1,10H2,2-3H3,(H,21,24)(H,23,25). The highest BCUT2D eigenvalue weighted by Gasteiger charge is 2.11. The normalized spacial score (nSPS) is 9.89. The Labute approximate surface area is 162 Å². The maximum atomic E-state index is 12.2. The predicted octanol–water partition coefficient (Wildman–Crippen LogP) is 3.13. The van der Waals surface area contributed by atoms with E-state index in [9.17, 15) is 9.59 Å². The van der Waals surface area contributed by atoms with Crippen molar-refractivity contribution < 1.29 is 19.1 Å². The molecule has 0 saturated carbocycles. The maximum Gasteiger partial charge on any atom is 0.269 e. The van der Waals surface area contributed by atoms with Gasteiger partial charge in [0, 0.05) is 22.3 Å². The molecule has 0 aliphatic carbocycles. The molecule has 0 heterocycles. The molecule has 0 aliphatic heterocycles. The van der Waals surface area contributed by atoms with Gasteiger partial charge in [-0.15, -0.1) is 0 Å². The summed E-state index contributed by atoms with van der Waals surface area (Å²) in [5.74, 6) is 0.389. The molecule has 2 aromatic rings. The minimum absolute atomic E-state index is 0.0456. The maximum absolute atomic E-state index is 12.2. The fourth-order valence-electron chi connectivity index (χ4n) is 2.15. The average Bonchev–Trinajstić information content (AvgIpc) is 2.66. The fourth-order valence-corrected chi connectivity index (χ4v) is 2.28. The summed E-state index contributed by atoms with van der Waals surface area (Å²) < 4.78 is 10.3. The third kappa shape index (κ3) is 5.93. The van der Waals surface area contributed by atoms with E-state index in [1.54, 1.807) is 49.6 Å². The van der Waals surface area contributed by atoms with Crippen molar-refractivity contribution in [2.45, 2.75) is 6.42 Å². The number of halogens is 1. The summed E-state index contributed by atoms with van der Waals surface area (Å²) in [6, 6.07) is 11.4. The number of amides is 2. The second-order valence-electron chi connectivity index (χ2n) is 5.48. The summed E-state index contributed by atoms with van der Waals surface area (Å²) in [5, 5.41) is 3.26. The van der Waals surface area contributed by atoms with E-state index in [-0.39, 0.29) is 18.2 Å². The number of nitrogens with one attached hydrogen (secondary N) is 3. The largest absolute Gasteiger partial charge is 0.497 e. The zero-order valence-corrected chi connectivity index (χ0v) is 15.7. The smallest absolute Gasteiger partial charge is 0.269 e. The minimum atomic E-state index is -0.370. The molecule has 0 aromatic heterocycles. The number of anilines is 1. The van der Waals surface area contributed by atoms with E-state index < -0.39 is 0 Å². The lowest BCUT2D eigenvalue weighted by molar-refractivity contribution is -0.115. The van der Waals surface area contributed by atoms with Crippen LogP contribution in [0.15, 0.2) is 54.7 Å². The number of rotatable bonds is 8. The quantitative estimate of drug-likeness (QED) is 0.603. The summed E-state index contributed by atoms with van der Waals surface area (Å²) in [5.41, 5.74) is 6.34. The lowest BCUT2D eigenvalue weighted by Crippen LogP contribution is -2.37. The minimum Gasteiger partial charge on any atom is -0.497 e. The Kier molecular flexibility index (Phi) is 7.08. The Hall–Kier alpha value is -3.19. The summed E-state index contributed by atoms with van der Waals surface area (Å²) in [7, 11) is 3.04. The zero-order valence-electron chi connectivity index (χ0n) is 15.0. The molecule has 7 nitrogen and oxygen atoms in total. The Morgan fingerprint density at radius 3 is 2.37 bits per heavy atom. The van der Waals surface area contributed by atoms with Crippen LogP contribution in [0.25, 0.3) is 0 Å². The Morgan fingerprint density at radius 1 is 1.04 bits per heavy atom. The molecule has 142 valence electrons. The van der Waals surface area contributed by atoms with Crippen LogP contribution < -0.4 is 25.6 Å². The van der Waals surface area contributed by atoms with Gasteiger partial charge in [0.25, 0.3) is 5.91 Å². The van der Waals surface area contributed by atoms with Crippen LogP contribution in [-0.2, 0) is 4.79 Å². The average molecular weight is 390 g/mol. The van der Waals surface area contributed by atoms with Gasteiger partial charge in [-0.2, -0.15) is 0 Å². The van der Waals surface area contributed by atoms with Gasteiger partial charge >= 0.3 is 0 Å². The first-order chi connectivity index (χ1) is 12.9. The number of carbonyl (C=O) groups excluding carboxylic acids is 2. The van der Waals surface area contributed by atoms with Crippen LogP contribution in [0.4, 0.5) is 5.69 Å². The summed E-state index contributed by atoms with van der Waals surface area (Å²) in [6.45, 7) is 3.73. The molecule has 0 saturated heterocycles. The van der Waals surface area contributed by atoms with Crippen LogP contribution in [0.3, 0.4) is 0 Å². The third-order valence-electron chi connectivity index (χ3n) is 3.52. The molecule has 0 atom stereocenters. The number of hydrogen-bond acceptors (Lipinski definition) is 5. The van der Waals surface area contributed by atoms with E-state index in [1.807, 2.05) is 0 Å². The summed E-state index contributed by atoms with van der Waals surface area (Å²) >= 11 is 5.78. The topological polar surface area (TPSA) is 88.7 Å². The molecule has 0 unspecified atom stereocenters. The van der Waals surface area contributed by atoms with Crippen LogP contribution >= 0.6 is 11.6 Å². The molecule has 0 fully saturated rings. The van der Waals surface area contributed by atoms with Crippen molar-refractivity contribution in [2.24, 2.45) is 0 Å². The van der Waals surface area contributed by atoms with Crippen molar-refractivity contribution in [3.63, 3.8) is 0 Å². The van der Waals surface area contributed by atoms with Crippen molar-refractivity contribution in [3.8, 4) is 11.5 Å². The highest BCUT2D eigenvalue weighted by molar-refractivity contribution is 6.30. The molecular weight excluding hydrogens is 370 g/mol. The Balaban J connectivity index is 1.86. The molecule has 2 amide bonds. The van der Waals surface area contributed by atoms with Crippen molar-refractivity contribution in [1.29, 1.82) is 0 Å². The summed E-state index contributed by atoms with van der Waals surface area (Å²) in [6.07, 6.45) is -0.0456. The molecule has 0 spiro atoms. The monoisotopic (exact) mass is 389 g/mol. The first kappa shape index (κ1) is 20.1. The number of hydrogen-bond donors (Lipinski definition) is 3. The van der Waals surface area contributed by atoms with Gasteiger partial charge in [0.1, 0.15) is 11.5 Å². The van der Waals surface area contributed by atoms with E-state index >= 15 is 0 Å². The number of methoxy groups -OCH3 is 2. The fraction of sp³-hybridized carbons (Fsp3) is 0.158. The molecule has 2 rings (SSSR count). The molecular formula is C19H20ClN3O4. The van der Waals surface area contributed by atoms with Gasteiger partial charge < -0.3 is 20.2 Å². The van der Waals surface area contributed by atoms with E-state index in [1.165, 1.54) is 7.11 Å². The molecule has 2 aromatic carbocycles. The Bertz CT molecular complexity index is 837. The van der Waals surface area contributed by atoms with Crippen LogP contribution in [0.5, 0.6) is 11.5 Å². The van der Waals surface area contributed by atoms with Crippen molar-refractivity contribution in [3.05, 3.63) is 65.3 Å². The first-order valence-electron chi connectivity index (χ1n) is 7.94. The molecule has 8 heteroatoms. The first-order valence-corrected chi connectivity index (χ1v) is 8.32. The summed E-state index contributed by atoms with van der Waals surface area (Å²) in [4.78, 5) is 24.2. The zero-order chi connectivity index (χ0) is 19.8. The van der Waals surface area contributed by atoms with Gasteiger partial charge in [0.15, 0.2) is 0 Å². The highest BCUT2D eigenvalue weighted by Crippen LogP contribution is 2.29. The van der Waals surface area contributed by atoms with Crippen molar-refractivity contribution in [2.75, 3.05) is 19.5 Å². The number of benzene rings is 2. The highest BCUT2D eigenvalue weighted by atomic mass is 35.5. The van der Waals surface area contributed by atoms with E-state index in [4.69, 9.17) is 21.1 Å². The van der Waals surface area contributed by atoms with Gasteiger partial charge in [-0.25, -0.2) is 0 Å². The Morgan fingerprint density at radius 2 is 1.74 bits per heavy atom. The van der Waals surface area contributed by atoms with Gasteiger partial charge in [-0.1, -0.05) is 18.2 Å². The van der Waals surface area contributed by atoms with Gasteiger partial charge in [-0.3, -0.25) is 15.0 Å². The van der Waals surface area contributed by atoms with Crippen LogP contribution in [0.1, 0.15) is 16.8 Å². The number of hydrazine groups is 1.